The molecule has 0 radical (unpaired) electrons. The molecule has 2 aromatic carbocycles. The molecule has 0 heterocycles. The molecule has 0 aliphatic rings. The molecule has 3 nitrogen and oxygen atoms in total. The van der Waals surface area contributed by atoms with Crippen molar-refractivity contribution in [3.8, 4) is 11.5 Å². The molecule has 0 unspecified atom stereocenters. The van der Waals surface area contributed by atoms with E-state index in [1.54, 1.807) is 19.2 Å². The molecule has 0 aliphatic carbocycles. The average molecular weight is 257 g/mol. The molecule has 0 spiro atoms. The molecule has 2 aromatic rings. The van der Waals surface area contributed by atoms with Crippen molar-refractivity contribution in [1.82, 2.24) is 0 Å². The Bertz CT molecular complexity index is 566. The summed E-state index contributed by atoms with van der Waals surface area (Å²) in [5.41, 5.74) is 3.22. The van der Waals surface area contributed by atoms with Crippen LogP contribution in [0.1, 0.15) is 11.1 Å². The van der Waals surface area contributed by atoms with E-state index in [0.29, 0.717) is 12.3 Å². The van der Waals surface area contributed by atoms with Crippen molar-refractivity contribution in [2.45, 2.75) is 13.5 Å². The van der Waals surface area contributed by atoms with Crippen LogP contribution in [0.4, 0.5) is 5.69 Å². The number of methoxy groups -OCH3 is 1. The van der Waals surface area contributed by atoms with Gasteiger partial charge in [-0.1, -0.05) is 18.2 Å². The largest absolute Gasteiger partial charge is 0.508 e. The molecule has 3 heteroatoms. The average Bonchev–Trinajstić information content (AvgIpc) is 2.41. The van der Waals surface area contributed by atoms with Gasteiger partial charge in [0, 0.05) is 24.8 Å². The number of ether oxygens (including phenoxy) is 1. The molecule has 100 valence electrons. The Labute approximate surface area is 114 Å². The van der Waals surface area contributed by atoms with Crippen LogP contribution in [0.15, 0.2) is 42.5 Å². The van der Waals surface area contributed by atoms with Crippen LogP contribution in [-0.2, 0) is 6.54 Å². The molecule has 1 N–H and O–H groups in total. The quantitative estimate of drug-likeness (QED) is 0.911. The minimum atomic E-state index is 0.293. The molecule has 2 rings (SSSR count). The van der Waals surface area contributed by atoms with Gasteiger partial charge in [-0.3, -0.25) is 0 Å². The summed E-state index contributed by atoms with van der Waals surface area (Å²) < 4.78 is 5.19. The van der Waals surface area contributed by atoms with Gasteiger partial charge < -0.3 is 14.7 Å². The second-order valence-corrected chi connectivity index (χ2v) is 4.64. The summed E-state index contributed by atoms with van der Waals surface area (Å²) in [7, 11) is 3.64. The lowest BCUT2D eigenvalue weighted by atomic mass is 10.1. The van der Waals surface area contributed by atoms with Crippen LogP contribution < -0.4 is 9.64 Å². The first-order valence-corrected chi connectivity index (χ1v) is 6.24. The molecule has 19 heavy (non-hydrogen) atoms. The van der Waals surface area contributed by atoms with Crippen LogP contribution in [0.2, 0.25) is 0 Å². The van der Waals surface area contributed by atoms with E-state index >= 15 is 0 Å². The predicted molar refractivity (Wildman–Crippen MR) is 77.9 cm³/mol. The molecule has 0 fully saturated rings. The smallest absolute Gasteiger partial charge is 0.120 e. The highest BCUT2D eigenvalue weighted by molar-refractivity contribution is 5.53. The summed E-state index contributed by atoms with van der Waals surface area (Å²) >= 11 is 0. The van der Waals surface area contributed by atoms with Crippen LogP contribution in [0.25, 0.3) is 0 Å². The summed E-state index contributed by atoms with van der Waals surface area (Å²) in [6, 6.07) is 13.5. The molecular weight excluding hydrogens is 238 g/mol. The van der Waals surface area contributed by atoms with Crippen molar-refractivity contribution < 1.29 is 9.84 Å². The summed E-state index contributed by atoms with van der Waals surface area (Å²) in [5, 5.41) is 9.91. The van der Waals surface area contributed by atoms with E-state index in [9.17, 15) is 5.11 Å². The number of aromatic hydroxyl groups is 1. The monoisotopic (exact) mass is 257 g/mol. The van der Waals surface area contributed by atoms with Gasteiger partial charge in [0.05, 0.1) is 7.11 Å². The number of phenols is 1. The third kappa shape index (κ3) is 2.99. The highest BCUT2D eigenvalue weighted by atomic mass is 16.5. The van der Waals surface area contributed by atoms with Crippen LogP contribution in [0.3, 0.4) is 0 Å². The van der Waals surface area contributed by atoms with E-state index in [1.165, 1.54) is 5.56 Å². The van der Waals surface area contributed by atoms with E-state index in [0.717, 1.165) is 17.0 Å². The van der Waals surface area contributed by atoms with E-state index in [-0.39, 0.29) is 0 Å². The first kappa shape index (κ1) is 13.3. The van der Waals surface area contributed by atoms with Crippen molar-refractivity contribution in [2.24, 2.45) is 0 Å². The van der Waals surface area contributed by atoms with Gasteiger partial charge in [-0.2, -0.15) is 0 Å². The second kappa shape index (κ2) is 5.65. The Kier molecular flexibility index (Phi) is 3.95. The lowest BCUT2D eigenvalue weighted by Gasteiger charge is -2.22. The maximum atomic E-state index is 9.91. The van der Waals surface area contributed by atoms with Gasteiger partial charge in [-0.25, -0.2) is 0 Å². The van der Waals surface area contributed by atoms with Gasteiger partial charge >= 0.3 is 0 Å². The van der Waals surface area contributed by atoms with Crippen molar-refractivity contribution in [1.29, 1.82) is 0 Å². The number of aryl methyl sites for hydroxylation is 1. The van der Waals surface area contributed by atoms with Gasteiger partial charge in [-0.15, -0.1) is 0 Å². The lowest BCUT2D eigenvalue weighted by Crippen LogP contribution is -2.17. The highest BCUT2D eigenvalue weighted by Crippen LogP contribution is 2.26. The Hall–Kier alpha value is -2.16. The molecule has 0 saturated heterocycles. The van der Waals surface area contributed by atoms with Gasteiger partial charge in [0.25, 0.3) is 0 Å². The predicted octanol–water partition coefficient (Wildman–Crippen LogP) is 3.35. The normalized spacial score (nSPS) is 10.3. The Morgan fingerprint density at radius 1 is 1.16 bits per heavy atom. The Morgan fingerprint density at radius 3 is 2.58 bits per heavy atom. The third-order valence-electron chi connectivity index (χ3n) is 3.22. The molecule has 0 saturated carbocycles. The number of hydrogen-bond acceptors (Lipinski definition) is 3. The summed E-state index contributed by atoms with van der Waals surface area (Å²) in [6.45, 7) is 2.71. The van der Waals surface area contributed by atoms with Crippen molar-refractivity contribution in [3.05, 3.63) is 53.6 Å². The molecule has 0 atom stereocenters. The van der Waals surface area contributed by atoms with E-state index in [1.807, 2.05) is 25.2 Å². The van der Waals surface area contributed by atoms with Crippen molar-refractivity contribution in [3.63, 3.8) is 0 Å². The first-order valence-electron chi connectivity index (χ1n) is 6.24. The topological polar surface area (TPSA) is 32.7 Å². The number of benzene rings is 2. The number of hydrogen-bond donors (Lipinski definition) is 1. The first-order chi connectivity index (χ1) is 9.11. The van der Waals surface area contributed by atoms with Crippen LogP contribution in [0.5, 0.6) is 11.5 Å². The number of para-hydroxylation sites is 1. The molecular formula is C16H19NO2. The van der Waals surface area contributed by atoms with Crippen LogP contribution in [0, 0.1) is 6.92 Å². The minimum absolute atomic E-state index is 0.293. The number of anilines is 1. The Balaban J connectivity index is 2.24. The van der Waals surface area contributed by atoms with E-state index in [2.05, 4.69) is 24.0 Å². The van der Waals surface area contributed by atoms with Crippen LogP contribution in [-0.4, -0.2) is 19.3 Å². The zero-order valence-corrected chi connectivity index (χ0v) is 11.6. The van der Waals surface area contributed by atoms with Gasteiger partial charge in [0.1, 0.15) is 11.5 Å². The standard InChI is InChI=1S/C16H19NO2/c1-12-6-4-5-7-15(12)17(2)11-13-10-14(19-3)8-9-16(13)18/h4-10,18H,11H2,1-3H3. The third-order valence-corrected chi connectivity index (χ3v) is 3.22. The fraction of sp³-hybridized carbons (Fsp3) is 0.250. The minimum Gasteiger partial charge on any atom is -0.508 e. The van der Waals surface area contributed by atoms with Crippen molar-refractivity contribution in [2.75, 3.05) is 19.1 Å². The van der Waals surface area contributed by atoms with E-state index < -0.39 is 0 Å². The summed E-state index contributed by atoms with van der Waals surface area (Å²) in [6.07, 6.45) is 0. The fourth-order valence-corrected chi connectivity index (χ4v) is 2.15. The maximum Gasteiger partial charge on any atom is 0.120 e. The second-order valence-electron chi connectivity index (χ2n) is 4.64. The zero-order valence-electron chi connectivity index (χ0n) is 11.6. The lowest BCUT2D eigenvalue weighted by molar-refractivity contribution is 0.410. The summed E-state index contributed by atoms with van der Waals surface area (Å²) in [5.74, 6) is 1.05. The maximum absolute atomic E-state index is 9.91. The SMILES string of the molecule is COc1ccc(O)c(CN(C)c2ccccc2C)c1. The van der Waals surface area contributed by atoms with Crippen LogP contribution >= 0.6 is 0 Å². The number of phenolic OH excluding ortho intramolecular Hbond substituents is 1. The molecule has 0 amide bonds. The van der Waals surface area contributed by atoms with Gasteiger partial charge in [0.15, 0.2) is 0 Å². The molecule has 0 bridgehead atoms. The number of rotatable bonds is 4. The van der Waals surface area contributed by atoms with E-state index in [4.69, 9.17) is 4.74 Å². The zero-order chi connectivity index (χ0) is 13.8. The van der Waals surface area contributed by atoms with Gasteiger partial charge in [0.2, 0.25) is 0 Å². The number of nitrogens with zero attached hydrogens (tertiary/aromatic N) is 1. The highest BCUT2D eigenvalue weighted by Gasteiger charge is 2.09. The van der Waals surface area contributed by atoms with Gasteiger partial charge in [-0.05, 0) is 36.8 Å². The fourth-order valence-electron chi connectivity index (χ4n) is 2.15. The summed E-state index contributed by atoms with van der Waals surface area (Å²) in [4.78, 5) is 2.11. The molecule has 0 aliphatic heterocycles. The molecule has 0 aromatic heterocycles. The van der Waals surface area contributed by atoms with Crippen molar-refractivity contribution >= 4 is 5.69 Å². The Morgan fingerprint density at radius 2 is 1.89 bits per heavy atom.